The number of nitrogens with two attached hydrogens (primary N) is 1. The number of carbonyl (C=O) groups excluding carboxylic acids is 1. The molecule has 1 saturated heterocycles. The summed E-state index contributed by atoms with van der Waals surface area (Å²) in [6.07, 6.45) is 5.13. The molecule has 0 radical (unpaired) electrons. The Labute approximate surface area is 122 Å². The number of likely N-dealkylation sites (tertiary alicyclic amines) is 1. The van der Waals surface area contributed by atoms with Gasteiger partial charge < -0.3 is 10.6 Å². The number of hydrogen-bond donors (Lipinski definition) is 1. The van der Waals surface area contributed by atoms with Crippen LogP contribution in [0, 0.1) is 5.92 Å². The third-order valence-electron chi connectivity index (χ3n) is 4.36. The quantitative estimate of drug-likeness (QED) is 0.857. The first-order valence-corrected chi connectivity index (χ1v) is 7.75. The lowest BCUT2D eigenvalue weighted by molar-refractivity contribution is -0.135. The summed E-state index contributed by atoms with van der Waals surface area (Å²) in [4.78, 5) is 14.7. The van der Waals surface area contributed by atoms with Crippen molar-refractivity contribution < 1.29 is 4.79 Å². The maximum absolute atomic E-state index is 12.6. The molecule has 3 heteroatoms. The second kappa shape index (κ2) is 6.78. The molecule has 0 aromatic heterocycles. The third-order valence-corrected chi connectivity index (χ3v) is 4.36. The van der Waals surface area contributed by atoms with E-state index in [1.54, 1.807) is 0 Å². The van der Waals surface area contributed by atoms with Gasteiger partial charge in [-0.1, -0.05) is 32.4 Å². The molecule has 110 valence electrons. The number of benzene rings is 1. The Morgan fingerprint density at radius 2 is 2.05 bits per heavy atom. The molecule has 1 fully saturated rings. The maximum Gasteiger partial charge on any atom is 0.227 e. The van der Waals surface area contributed by atoms with Crippen molar-refractivity contribution >= 4 is 11.6 Å². The van der Waals surface area contributed by atoms with Crippen molar-refractivity contribution in [3.05, 3.63) is 29.8 Å². The first-order chi connectivity index (χ1) is 9.61. The monoisotopic (exact) mass is 274 g/mol. The predicted octanol–water partition coefficient (Wildman–Crippen LogP) is 3.24. The summed E-state index contributed by atoms with van der Waals surface area (Å²) >= 11 is 0. The number of hydrogen-bond acceptors (Lipinski definition) is 2. The molecular weight excluding hydrogens is 248 g/mol. The minimum atomic E-state index is 0.264. The Morgan fingerprint density at radius 3 is 2.70 bits per heavy atom. The van der Waals surface area contributed by atoms with Crippen LogP contribution in [0.25, 0.3) is 0 Å². The van der Waals surface area contributed by atoms with Crippen LogP contribution in [0.1, 0.15) is 45.1 Å². The van der Waals surface area contributed by atoms with Crippen molar-refractivity contribution in [1.29, 1.82) is 0 Å². The van der Waals surface area contributed by atoms with Crippen LogP contribution < -0.4 is 5.73 Å². The molecule has 3 nitrogen and oxygen atoms in total. The molecule has 1 aromatic rings. The molecule has 1 amide bonds. The van der Waals surface area contributed by atoms with Gasteiger partial charge in [0.15, 0.2) is 0 Å². The van der Waals surface area contributed by atoms with E-state index in [-0.39, 0.29) is 5.91 Å². The standard InChI is InChI=1S/C17H26N2O/c1-3-5-16-13(2)6-4-11-19(16)17(20)12-14-7-9-15(18)10-8-14/h7-10,13,16H,3-6,11-12,18H2,1-2H3. The van der Waals surface area contributed by atoms with E-state index in [0.29, 0.717) is 18.4 Å². The van der Waals surface area contributed by atoms with Crippen molar-refractivity contribution in [3.63, 3.8) is 0 Å². The summed E-state index contributed by atoms with van der Waals surface area (Å²) in [7, 11) is 0. The fraction of sp³-hybridized carbons (Fsp3) is 0.588. The number of amides is 1. The van der Waals surface area contributed by atoms with Crippen LogP contribution >= 0.6 is 0 Å². The van der Waals surface area contributed by atoms with Gasteiger partial charge in [0.2, 0.25) is 5.91 Å². The highest BCUT2D eigenvalue weighted by atomic mass is 16.2. The van der Waals surface area contributed by atoms with Gasteiger partial charge in [0.1, 0.15) is 0 Å². The van der Waals surface area contributed by atoms with Crippen molar-refractivity contribution in [2.75, 3.05) is 12.3 Å². The summed E-state index contributed by atoms with van der Waals surface area (Å²) in [5, 5.41) is 0. The molecule has 20 heavy (non-hydrogen) atoms. The molecule has 2 atom stereocenters. The van der Waals surface area contributed by atoms with Gasteiger partial charge in [-0.15, -0.1) is 0 Å². The van der Waals surface area contributed by atoms with E-state index in [4.69, 9.17) is 5.73 Å². The topological polar surface area (TPSA) is 46.3 Å². The zero-order valence-corrected chi connectivity index (χ0v) is 12.6. The lowest BCUT2D eigenvalue weighted by Gasteiger charge is -2.40. The van der Waals surface area contributed by atoms with Crippen LogP contribution in [0.5, 0.6) is 0 Å². The van der Waals surface area contributed by atoms with E-state index in [2.05, 4.69) is 18.7 Å². The van der Waals surface area contributed by atoms with Crippen molar-refractivity contribution in [1.82, 2.24) is 4.90 Å². The molecule has 0 bridgehead atoms. The summed E-state index contributed by atoms with van der Waals surface area (Å²) in [6, 6.07) is 8.07. The molecule has 2 rings (SSSR count). The Balaban J connectivity index is 2.04. The molecule has 2 N–H and O–H groups in total. The molecular formula is C17H26N2O. The first-order valence-electron chi connectivity index (χ1n) is 7.75. The summed E-state index contributed by atoms with van der Waals surface area (Å²) in [6.45, 7) is 5.40. The SMILES string of the molecule is CCCC1C(C)CCCN1C(=O)Cc1ccc(N)cc1. The smallest absolute Gasteiger partial charge is 0.227 e. The van der Waals surface area contributed by atoms with Gasteiger partial charge in [-0.25, -0.2) is 0 Å². The minimum Gasteiger partial charge on any atom is -0.399 e. The normalized spacial score (nSPS) is 22.8. The average Bonchev–Trinajstić information content (AvgIpc) is 2.43. The fourth-order valence-corrected chi connectivity index (χ4v) is 3.21. The van der Waals surface area contributed by atoms with Gasteiger partial charge in [-0.05, 0) is 42.9 Å². The van der Waals surface area contributed by atoms with Crippen LogP contribution in [0.4, 0.5) is 5.69 Å². The zero-order chi connectivity index (χ0) is 14.5. The van der Waals surface area contributed by atoms with E-state index < -0.39 is 0 Å². The third kappa shape index (κ3) is 3.53. The van der Waals surface area contributed by atoms with Gasteiger partial charge in [-0.3, -0.25) is 4.79 Å². The van der Waals surface area contributed by atoms with Gasteiger partial charge in [-0.2, -0.15) is 0 Å². The Kier molecular flexibility index (Phi) is 5.05. The number of piperidine rings is 1. The van der Waals surface area contributed by atoms with Crippen LogP contribution in [0.15, 0.2) is 24.3 Å². The zero-order valence-electron chi connectivity index (χ0n) is 12.6. The molecule has 1 heterocycles. The average molecular weight is 274 g/mol. The number of anilines is 1. The summed E-state index contributed by atoms with van der Waals surface area (Å²) in [5.41, 5.74) is 7.49. The Morgan fingerprint density at radius 1 is 1.35 bits per heavy atom. The van der Waals surface area contributed by atoms with Crippen molar-refractivity contribution in [2.24, 2.45) is 5.92 Å². The highest BCUT2D eigenvalue weighted by molar-refractivity contribution is 5.79. The predicted molar refractivity (Wildman–Crippen MR) is 83.4 cm³/mol. The summed E-state index contributed by atoms with van der Waals surface area (Å²) in [5.74, 6) is 0.888. The van der Waals surface area contributed by atoms with Gasteiger partial charge in [0.25, 0.3) is 0 Å². The van der Waals surface area contributed by atoms with Crippen LogP contribution in [-0.2, 0) is 11.2 Å². The molecule has 1 aromatic carbocycles. The van der Waals surface area contributed by atoms with Crippen molar-refractivity contribution in [2.45, 2.75) is 52.0 Å². The second-order valence-corrected chi connectivity index (χ2v) is 5.98. The fourth-order valence-electron chi connectivity index (χ4n) is 3.21. The number of carbonyl (C=O) groups is 1. The first kappa shape index (κ1) is 14.9. The lowest BCUT2D eigenvalue weighted by Crippen LogP contribution is -2.48. The minimum absolute atomic E-state index is 0.264. The molecule has 1 aliphatic heterocycles. The van der Waals surface area contributed by atoms with E-state index in [9.17, 15) is 4.79 Å². The van der Waals surface area contributed by atoms with E-state index in [1.165, 1.54) is 6.42 Å². The molecule has 1 aliphatic rings. The molecule has 0 spiro atoms. The highest BCUT2D eigenvalue weighted by Crippen LogP contribution is 2.27. The van der Waals surface area contributed by atoms with Crippen LogP contribution in [0.2, 0.25) is 0 Å². The van der Waals surface area contributed by atoms with Crippen LogP contribution in [-0.4, -0.2) is 23.4 Å². The van der Waals surface area contributed by atoms with E-state index in [1.807, 2.05) is 24.3 Å². The molecule has 0 saturated carbocycles. The maximum atomic E-state index is 12.6. The number of rotatable bonds is 4. The van der Waals surface area contributed by atoms with Gasteiger partial charge in [0.05, 0.1) is 6.42 Å². The van der Waals surface area contributed by atoms with E-state index >= 15 is 0 Å². The number of nitrogens with zero attached hydrogens (tertiary/aromatic N) is 1. The van der Waals surface area contributed by atoms with Gasteiger partial charge >= 0.3 is 0 Å². The highest BCUT2D eigenvalue weighted by Gasteiger charge is 2.30. The van der Waals surface area contributed by atoms with Gasteiger partial charge in [0, 0.05) is 18.3 Å². The molecule has 0 aliphatic carbocycles. The number of nitrogen functional groups attached to an aromatic ring is 1. The summed E-state index contributed by atoms with van der Waals surface area (Å²) < 4.78 is 0. The lowest BCUT2D eigenvalue weighted by atomic mass is 9.87. The molecule has 2 unspecified atom stereocenters. The van der Waals surface area contributed by atoms with E-state index in [0.717, 1.165) is 37.1 Å². The van der Waals surface area contributed by atoms with Crippen LogP contribution in [0.3, 0.4) is 0 Å². The van der Waals surface area contributed by atoms with Crippen molar-refractivity contribution in [3.8, 4) is 0 Å². The largest absolute Gasteiger partial charge is 0.399 e. The second-order valence-electron chi connectivity index (χ2n) is 5.98. The Bertz CT molecular complexity index is 441. The Hall–Kier alpha value is -1.51.